The van der Waals surface area contributed by atoms with Gasteiger partial charge >= 0.3 is 0 Å². The van der Waals surface area contributed by atoms with Crippen molar-refractivity contribution in [1.29, 1.82) is 0 Å². The summed E-state index contributed by atoms with van der Waals surface area (Å²) in [6.45, 7) is -0.487. The second kappa shape index (κ2) is 6.29. The summed E-state index contributed by atoms with van der Waals surface area (Å²) in [5.41, 5.74) is 5.35. The van der Waals surface area contributed by atoms with Crippen molar-refractivity contribution < 1.29 is 18.3 Å². The fourth-order valence-electron chi connectivity index (χ4n) is 1.51. The van der Waals surface area contributed by atoms with Gasteiger partial charge in [0.1, 0.15) is 0 Å². The van der Waals surface area contributed by atoms with E-state index in [1.54, 1.807) is 7.05 Å². The predicted molar refractivity (Wildman–Crippen MR) is 60.7 cm³/mol. The van der Waals surface area contributed by atoms with Crippen LogP contribution in [0.4, 0.5) is 8.78 Å². The number of nitrogens with two attached hydrogens (primary N) is 1. The van der Waals surface area contributed by atoms with Crippen LogP contribution in [0, 0.1) is 0 Å². The molecule has 0 atom stereocenters. The molecule has 1 aromatic heterocycles. The van der Waals surface area contributed by atoms with E-state index in [1.807, 2.05) is 0 Å². The average molecular weight is 262 g/mol. The maximum Gasteiger partial charge on any atom is 0.274 e. The van der Waals surface area contributed by atoms with Crippen molar-refractivity contribution in [1.82, 2.24) is 14.7 Å². The van der Waals surface area contributed by atoms with E-state index < -0.39 is 18.9 Å². The molecule has 0 aliphatic heterocycles. The number of amides is 1. The molecule has 0 spiro atoms. The first-order chi connectivity index (χ1) is 8.49. The van der Waals surface area contributed by atoms with Crippen LogP contribution in [-0.2, 0) is 7.05 Å². The molecular formula is C10H16F2N4O2. The highest BCUT2D eigenvalue weighted by molar-refractivity contribution is 5.92. The summed E-state index contributed by atoms with van der Waals surface area (Å²) < 4.78 is 31.0. The van der Waals surface area contributed by atoms with Crippen LogP contribution >= 0.6 is 0 Å². The number of aryl methyl sites for hydroxylation is 1. The van der Waals surface area contributed by atoms with Gasteiger partial charge in [0.25, 0.3) is 12.3 Å². The van der Waals surface area contributed by atoms with E-state index in [-0.39, 0.29) is 18.8 Å². The summed E-state index contributed by atoms with van der Waals surface area (Å²) in [4.78, 5) is 12.9. The van der Waals surface area contributed by atoms with Gasteiger partial charge in [-0.1, -0.05) is 0 Å². The third-order valence-corrected chi connectivity index (χ3v) is 2.31. The van der Waals surface area contributed by atoms with E-state index in [0.717, 1.165) is 4.90 Å². The minimum absolute atomic E-state index is 0.0576. The maximum atomic E-state index is 12.3. The van der Waals surface area contributed by atoms with Gasteiger partial charge in [0.15, 0.2) is 5.69 Å². The van der Waals surface area contributed by atoms with Gasteiger partial charge in [0, 0.05) is 26.2 Å². The molecule has 6 nitrogen and oxygen atoms in total. The minimum Gasteiger partial charge on any atom is -0.481 e. The third kappa shape index (κ3) is 3.39. The number of methoxy groups -OCH3 is 1. The number of hydrogen-bond donors (Lipinski definition) is 1. The summed E-state index contributed by atoms with van der Waals surface area (Å²) in [6, 6.07) is 1.40. The fourth-order valence-corrected chi connectivity index (χ4v) is 1.51. The van der Waals surface area contributed by atoms with Gasteiger partial charge in [-0.15, -0.1) is 0 Å². The lowest BCUT2D eigenvalue weighted by Gasteiger charge is -2.20. The Morgan fingerprint density at radius 2 is 2.33 bits per heavy atom. The predicted octanol–water partition coefficient (Wildman–Crippen LogP) is 0.0947. The van der Waals surface area contributed by atoms with Gasteiger partial charge in [0.05, 0.1) is 13.7 Å². The quantitative estimate of drug-likeness (QED) is 0.788. The number of halogens is 2. The molecule has 0 aliphatic carbocycles. The molecule has 0 saturated heterocycles. The Labute approximate surface area is 103 Å². The molecule has 0 aromatic carbocycles. The molecule has 1 aromatic rings. The summed E-state index contributed by atoms with van der Waals surface area (Å²) >= 11 is 0. The Balaban J connectivity index is 2.86. The van der Waals surface area contributed by atoms with Gasteiger partial charge in [0.2, 0.25) is 5.88 Å². The van der Waals surface area contributed by atoms with Gasteiger partial charge in [-0.3, -0.25) is 4.79 Å². The summed E-state index contributed by atoms with van der Waals surface area (Å²) in [6.07, 6.45) is -2.61. The van der Waals surface area contributed by atoms with Crippen LogP contribution in [0.3, 0.4) is 0 Å². The third-order valence-electron chi connectivity index (χ3n) is 2.31. The SMILES string of the molecule is COc1cc(C(=O)N(CCN)CC(F)F)nn1C. The standard InChI is InChI=1S/C10H16F2N4O2/c1-15-9(18-2)5-7(14-15)10(17)16(4-3-13)6-8(11)12/h5,8H,3-4,6,13H2,1-2H3. The van der Waals surface area contributed by atoms with Crippen molar-refractivity contribution in [3.63, 3.8) is 0 Å². The molecule has 0 radical (unpaired) electrons. The second-order valence-corrected chi connectivity index (χ2v) is 3.63. The van der Waals surface area contributed by atoms with Crippen LogP contribution in [0.5, 0.6) is 5.88 Å². The second-order valence-electron chi connectivity index (χ2n) is 3.63. The number of aromatic nitrogens is 2. The summed E-state index contributed by atoms with van der Waals surface area (Å²) in [7, 11) is 3.03. The summed E-state index contributed by atoms with van der Waals surface area (Å²) in [5.74, 6) is -0.206. The largest absolute Gasteiger partial charge is 0.481 e. The van der Waals surface area contributed by atoms with Crippen LogP contribution in [-0.4, -0.2) is 53.8 Å². The molecule has 1 amide bonds. The van der Waals surface area contributed by atoms with Crippen LogP contribution in [0.15, 0.2) is 6.07 Å². The van der Waals surface area contributed by atoms with Crippen molar-refractivity contribution in [2.24, 2.45) is 12.8 Å². The van der Waals surface area contributed by atoms with E-state index in [0.29, 0.717) is 5.88 Å². The fraction of sp³-hybridized carbons (Fsp3) is 0.600. The van der Waals surface area contributed by atoms with Crippen molar-refractivity contribution in [3.8, 4) is 5.88 Å². The molecule has 0 bridgehead atoms. The monoisotopic (exact) mass is 262 g/mol. The first-order valence-electron chi connectivity index (χ1n) is 5.35. The van der Waals surface area contributed by atoms with Crippen LogP contribution in [0.1, 0.15) is 10.5 Å². The molecule has 102 valence electrons. The molecule has 8 heteroatoms. The highest BCUT2D eigenvalue weighted by atomic mass is 19.3. The molecule has 2 N–H and O–H groups in total. The molecule has 0 fully saturated rings. The molecule has 0 saturated carbocycles. The number of alkyl halides is 2. The number of rotatable bonds is 6. The summed E-state index contributed by atoms with van der Waals surface area (Å²) in [5, 5.41) is 3.91. The number of ether oxygens (including phenoxy) is 1. The smallest absolute Gasteiger partial charge is 0.274 e. The zero-order valence-electron chi connectivity index (χ0n) is 10.3. The van der Waals surface area contributed by atoms with E-state index in [2.05, 4.69) is 5.10 Å². The van der Waals surface area contributed by atoms with E-state index in [1.165, 1.54) is 17.9 Å². The Bertz CT molecular complexity index is 409. The van der Waals surface area contributed by atoms with E-state index >= 15 is 0 Å². The number of carbonyl (C=O) groups is 1. The zero-order valence-corrected chi connectivity index (χ0v) is 10.3. The first kappa shape index (κ1) is 14.4. The molecule has 18 heavy (non-hydrogen) atoms. The zero-order chi connectivity index (χ0) is 13.7. The first-order valence-corrected chi connectivity index (χ1v) is 5.35. The highest BCUT2D eigenvalue weighted by Crippen LogP contribution is 2.13. The van der Waals surface area contributed by atoms with Gasteiger partial charge in [-0.05, 0) is 0 Å². The van der Waals surface area contributed by atoms with Crippen molar-refractivity contribution in [2.75, 3.05) is 26.7 Å². The molecular weight excluding hydrogens is 246 g/mol. The minimum atomic E-state index is -2.61. The van der Waals surface area contributed by atoms with Crippen LogP contribution in [0.2, 0.25) is 0 Å². The number of carbonyl (C=O) groups excluding carboxylic acids is 1. The Morgan fingerprint density at radius 3 is 2.78 bits per heavy atom. The van der Waals surface area contributed by atoms with Crippen molar-refractivity contribution in [3.05, 3.63) is 11.8 Å². The van der Waals surface area contributed by atoms with Crippen LogP contribution < -0.4 is 10.5 Å². The maximum absolute atomic E-state index is 12.3. The highest BCUT2D eigenvalue weighted by Gasteiger charge is 2.22. The van der Waals surface area contributed by atoms with E-state index in [9.17, 15) is 13.6 Å². The van der Waals surface area contributed by atoms with Gasteiger partial charge in [-0.2, -0.15) is 5.10 Å². The Hall–Kier alpha value is -1.70. The molecule has 0 aliphatic rings. The number of nitrogens with zero attached hydrogens (tertiary/aromatic N) is 3. The van der Waals surface area contributed by atoms with Crippen LogP contribution in [0.25, 0.3) is 0 Å². The lowest BCUT2D eigenvalue weighted by molar-refractivity contribution is 0.0557. The number of hydrogen-bond acceptors (Lipinski definition) is 4. The topological polar surface area (TPSA) is 73.4 Å². The van der Waals surface area contributed by atoms with E-state index in [4.69, 9.17) is 10.5 Å². The normalized spacial score (nSPS) is 10.8. The molecule has 0 unspecified atom stereocenters. The Kier molecular flexibility index (Phi) is 5.02. The molecule has 1 heterocycles. The average Bonchev–Trinajstić information content (AvgIpc) is 2.68. The lowest BCUT2D eigenvalue weighted by atomic mass is 10.3. The Morgan fingerprint density at radius 1 is 1.67 bits per heavy atom. The van der Waals surface area contributed by atoms with Gasteiger partial charge < -0.3 is 15.4 Å². The van der Waals surface area contributed by atoms with Gasteiger partial charge in [-0.25, -0.2) is 13.5 Å². The lowest BCUT2D eigenvalue weighted by Crippen LogP contribution is -2.38. The van der Waals surface area contributed by atoms with Crippen molar-refractivity contribution in [2.45, 2.75) is 6.43 Å². The molecule has 1 rings (SSSR count). The van der Waals surface area contributed by atoms with Crippen molar-refractivity contribution >= 4 is 5.91 Å².